The lowest BCUT2D eigenvalue weighted by Gasteiger charge is -2.28. The predicted molar refractivity (Wildman–Crippen MR) is 116 cm³/mol. The number of carbonyl (C=O) groups is 3. The number of para-hydroxylation sites is 2. The number of rotatable bonds is 2. The molecule has 3 aromatic rings. The summed E-state index contributed by atoms with van der Waals surface area (Å²) >= 11 is 3.57. The number of amides is 3. The molecule has 3 amide bonds. The second kappa shape index (κ2) is 7.28. The Morgan fingerprint density at radius 1 is 1.13 bits per heavy atom. The highest BCUT2D eigenvalue weighted by Crippen LogP contribution is 2.32. The van der Waals surface area contributed by atoms with Crippen molar-refractivity contribution in [3.8, 4) is 0 Å². The Hall–Kier alpha value is -3.13. The van der Waals surface area contributed by atoms with E-state index in [1.54, 1.807) is 29.2 Å². The van der Waals surface area contributed by atoms with E-state index < -0.39 is 6.04 Å². The summed E-state index contributed by atoms with van der Waals surface area (Å²) in [5, 5.41) is 6.54. The van der Waals surface area contributed by atoms with Gasteiger partial charge in [-0.1, -0.05) is 24.3 Å². The van der Waals surface area contributed by atoms with Crippen molar-refractivity contribution >= 4 is 50.2 Å². The Kier molecular flexibility index (Phi) is 4.58. The van der Waals surface area contributed by atoms with Crippen molar-refractivity contribution in [3.63, 3.8) is 0 Å². The lowest BCUT2D eigenvalue weighted by atomic mass is 10.0. The van der Waals surface area contributed by atoms with Gasteiger partial charge >= 0.3 is 0 Å². The van der Waals surface area contributed by atoms with Crippen molar-refractivity contribution < 1.29 is 14.4 Å². The summed E-state index contributed by atoms with van der Waals surface area (Å²) in [6.07, 6.45) is 0.643. The molecule has 3 N–H and O–H groups in total. The van der Waals surface area contributed by atoms with Crippen molar-refractivity contribution in [2.75, 3.05) is 11.9 Å². The minimum atomic E-state index is -0.907. The molecule has 3 heterocycles. The molecule has 0 unspecified atom stereocenters. The molecule has 8 heteroatoms. The fourth-order valence-corrected chi connectivity index (χ4v) is 4.64. The summed E-state index contributed by atoms with van der Waals surface area (Å²) in [5.74, 6) is -0.893. The van der Waals surface area contributed by atoms with Crippen molar-refractivity contribution in [2.24, 2.45) is 0 Å². The summed E-state index contributed by atoms with van der Waals surface area (Å²) in [7, 11) is 0. The molecule has 1 atom stereocenters. The number of aromatic amines is 1. The average molecular weight is 467 g/mol. The number of carbonyl (C=O) groups excluding carboxylic acids is 3. The predicted octanol–water partition coefficient (Wildman–Crippen LogP) is 2.96. The Morgan fingerprint density at radius 2 is 1.97 bits per heavy atom. The van der Waals surface area contributed by atoms with Gasteiger partial charge in [-0.2, -0.15) is 0 Å². The second-order valence-corrected chi connectivity index (χ2v) is 8.43. The Morgan fingerprint density at radius 3 is 2.83 bits per heavy atom. The van der Waals surface area contributed by atoms with Gasteiger partial charge in [0.15, 0.2) is 0 Å². The van der Waals surface area contributed by atoms with Crippen LogP contribution in [0, 0.1) is 0 Å². The van der Waals surface area contributed by atoms with Gasteiger partial charge in [-0.25, -0.2) is 0 Å². The van der Waals surface area contributed by atoms with Gasteiger partial charge in [-0.05, 0) is 34.1 Å². The van der Waals surface area contributed by atoms with E-state index in [-0.39, 0.29) is 24.1 Å². The third-order valence-electron chi connectivity index (χ3n) is 5.74. The van der Waals surface area contributed by atoms with Crippen LogP contribution in [-0.2, 0) is 22.6 Å². The molecular weight excluding hydrogens is 448 g/mol. The molecule has 0 saturated heterocycles. The first-order valence-electron chi connectivity index (χ1n) is 9.78. The molecule has 2 aliphatic heterocycles. The Balaban J connectivity index is 1.34. The van der Waals surface area contributed by atoms with Gasteiger partial charge in [0.2, 0.25) is 11.8 Å². The third kappa shape index (κ3) is 3.17. The first-order chi connectivity index (χ1) is 14.5. The number of anilines is 1. The molecule has 0 aliphatic carbocycles. The number of benzene rings is 2. The van der Waals surface area contributed by atoms with Crippen LogP contribution in [-0.4, -0.2) is 40.2 Å². The molecule has 1 aromatic heterocycles. The zero-order valence-electron chi connectivity index (χ0n) is 16.0. The van der Waals surface area contributed by atoms with E-state index in [1.807, 2.05) is 18.2 Å². The topological polar surface area (TPSA) is 94.3 Å². The lowest BCUT2D eigenvalue weighted by molar-refractivity contribution is -0.134. The summed E-state index contributed by atoms with van der Waals surface area (Å²) in [4.78, 5) is 43.3. The maximum atomic E-state index is 13.0. The first kappa shape index (κ1) is 18.9. The zero-order chi connectivity index (χ0) is 20.8. The van der Waals surface area contributed by atoms with Crippen molar-refractivity contribution in [1.29, 1.82) is 0 Å². The lowest BCUT2D eigenvalue weighted by Crippen LogP contribution is -2.46. The van der Waals surface area contributed by atoms with Crippen molar-refractivity contribution in [2.45, 2.75) is 25.4 Å². The maximum absolute atomic E-state index is 13.0. The fraction of sp³-hybridized carbons (Fsp3) is 0.227. The summed E-state index contributed by atoms with van der Waals surface area (Å²) < 4.78 is 0.990. The molecule has 0 radical (unpaired) electrons. The first-order valence-corrected chi connectivity index (χ1v) is 10.6. The number of hydrogen-bond acceptors (Lipinski definition) is 3. The standard InChI is InChI=1S/C22H19BrN4O3/c23-15-6-3-5-12-14-11-27(9-8-17(14)24-20(12)15)19(28)10-18-22(30)25-16-7-2-1-4-13(16)21(29)26-18/h1-7,18,24H,8-11H2,(H,25,30)(H,26,29)/t18-/m0/s1. The van der Waals surface area contributed by atoms with Crippen LogP contribution in [0.3, 0.4) is 0 Å². The van der Waals surface area contributed by atoms with E-state index in [9.17, 15) is 14.4 Å². The maximum Gasteiger partial charge on any atom is 0.254 e. The van der Waals surface area contributed by atoms with E-state index in [2.05, 4.69) is 31.5 Å². The molecule has 152 valence electrons. The minimum absolute atomic E-state index is 0.0764. The summed E-state index contributed by atoms with van der Waals surface area (Å²) in [6.45, 7) is 1.05. The van der Waals surface area contributed by atoms with E-state index in [1.165, 1.54) is 0 Å². The van der Waals surface area contributed by atoms with Gasteiger partial charge in [0.1, 0.15) is 6.04 Å². The Bertz CT molecular complexity index is 1200. The van der Waals surface area contributed by atoms with Gasteiger partial charge in [0.25, 0.3) is 5.91 Å². The van der Waals surface area contributed by atoms with Gasteiger partial charge < -0.3 is 20.5 Å². The van der Waals surface area contributed by atoms with Crippen LogP contribution in [0.2, 0.25) is 0 Å². The molecule has 5 rings (SSSR count). The smallest absolute Gasteiger partial charge is 0.254 e. The van der Waals surface area contributed by atoms with Gasteiger partial charge in [0, 0.05) is 40.6 Å². The van der Waals surface area contributed by atoms with Gasteiger partial charge in [-0.3, -0.25) is 14.4 Å². The molecule has 2 aromatic carbocycles. The highest BCUT2D eigenvalue weighted by molar-refractivity contribution is 9.10. The average Bonchev–Trinajstić information content (AvgIpc) is 3.07. The summed E-state index contributed by atoms with van der Waals surface area (Å²) in [6, 6.07) is 11.9. The monoisotopic (exact) mass is 466 g/mol. The SMILES string of the molecule is O=C1N[C@@H](CC(=O)N2CCc3[nH]c4c(Br)cccc4c3C2)C(=O)Nc2ccccc21. The van der Waals surface area contributed by atoms with Crippen molar-refractivity contribution in [1.82, 2.24) is 15.2 Å². The molecule has 0 saturated carbocycles. The molecule has 0 fully saturated rings. The van der Waals surface area contributed by atoms with E-state index >= 15 is 0 Å². The number of halogens is 1. The second-order valence-electron chi connectivity index (χ2n) is 7.57. The number of hydrogen-bond donors (Lipinski definition) is 3. The van der Waals surface area contributed by atoms with E-state index in [0.29, 0.717) is 24.3 Å². The molecule has 30 heavy (non-hydrogen) atoms. The minimum Gasteiger partial charge on any atom is -0.357 e. The molecule has 7 nitrogen and oxygen atoms in total. The third-order valence-corrected chi connectivity index (χ3v) is 6.40. The van der Waals surface area contributed by atoms with Gasteiger partial charge in [0.05, 0.1) is 23.2 Å². The summed E-state index contributed by atoms with van der Waals surface area (Å²) in [5.41, 5.74) is 4.13. The number of nitrogens with one attached hydrogen (secondary N) is 3. The van der Waals surface area contributed by atoms with Crippen LogP contribution in [0.15, 0.2) is 46.9 Å². The molecular formula is C22H19BrN4O3. The van der Waals surface area contributed by atoms with Crippen LogP contribution in [0.5, 0.6) is 0 Å². The normalized spacial score (nSPS) is 18.3. The molecule has 2 aliphatic rings. The van der Waals surface area contributed by atoms with E-state index in [0.717, 1.165) is 33.1 Å². The Labute approximate surface area is 180 Å². The van der Waals surface area contributed by atoms with E-state index in [4.69, 9.17) is 0 Å². The van der Waals surface area contributed by atoms with Crippen LogP contribution < -0.4 is 10.6 Å². The van der Waals surface area contributed by atoms with Crippen LogP contribution in [0.25, 0.3) is 10.9 Å². The number of nitrogens with zero attached hydrogens (tertiary/aromatic N) is 1. The highest BCUT2D eigenvalue weighted by atomic mass is 79.9. The number of fused-ring (bicyclic) bond motifs is 4. The van der Waals surface area contributed by atoms with Crippen LogP contribution >= 0.6 is 15.9 Å². The largest absolute Gasteiger partial charge is 0.357 e. The fourth-order valence-electron chi connectivity index (χ4n) is 4.17. The molecule has 0 bridgehead atoms. The zero-order valence-corrected chi connectivity index (χ0v) is 17.6. The van der Waals surface area contributed by atoms with Gasteiger partial charge in [-0.15, -0.1) is 0 Å². The van der Waals surface area contributed by atoms with Crippen LogP contribution in [0.1, 0.15) is 28.0 Å². The quantitative estimate of drug-likeness (QED) is 0.541. The van der Waals surface area contributed by atoms with Crippen molar-refractivity contribution in [3.05, 3.63) is 63.8 Å². The number of H-pyrrole nitrogens is 1. The molecule has 0 spiro atoms. The number of aromatic nitrogens is 1. The highest BCUT2D eigenvalue weighted by Gasteiger charge is 2.32. The van der Waals surface area contributed by atoms with Crippen LogP contribution in [0.4, 0.5) is 5.69 Å².